The molecule has 1 saturated carbocycles. The minimum absolute atomic E-state index is 0.0517. The number of nitrogens with zero attached hydrogens (tertiary/aromatic N) is 1. The first-order valence-electron chi connectivity index (χ1n) is 5.33. The molecule has 0 radical (unpaired) electrons. The SMILES string of the molecule is O=C(NC1CCC1)c1cc([N+](=O)[O-])ccc1I. The van der Waals surface area contributed by atoms with E-state index in [1.54, 1.807) is 6.07 Å². The maximum atomic E-state index is 11.9. The number of nitro benzene ring substituents is 1. The second kappa shape index (κ2) is 4.99. The van der Waals surface area contributed by atoms with Crippen LogP contribution in [0.25, 0.3) is 0 Å². The molecule has 0 spiro atoms. The van der Waals surface area contributed by atoms with E-state index in [9.17, 15) is 14.9 Å². The van der Waals surface area contributed by atoms with Gasteiger partial charge in [-0.05, 0) is 47.9 Å². The maximum absolute atomic E-state index is 11.9. The minimum atomic E-state index is -0.490. The van der Waals surface area contributed by atoms with E-state index in [2.05, 4.69) is 5.32 Å². The maximum Gasteiger partial charge on any atom is 0.270 e. The van der Waals surface area contributed by atoms with Crippen LogP contribution in [0.15, 0.2) is 18.2 Å². The van der Waals surface area contributed by atoms with E-state index in [0.717, 1.165) is 22.8 Å². The molecule has 0 bridgehead atoms. The molecule has 5 nitrogen and oxygen atoms in total. The zero-order chi connectivity index (χ0) is 12.4. The zero-order valence-corrected chi connectivity index (χ0v) is 11.1. The first kappa shape index (κ1) is 12.3. The van der Waals surface area contributed by atoms with Crippen LogP contribution in [-0.4, -0.2) is 16.9 Å². The Bertz CT molecular complexity index is 472. The van der Waals surface area contributed by atoms with Crippen molar-refractivity contribution >= 4 is 34.2 Å². The summed E-state index contributed by atoms with van der Waals surface area (Å²) in [6.45, 7) is 0. The second-order valence-electron chi connectivity index (χ2n) is 4.02. The summed E-state index contributed by atoms with van der Waals surface area (Å²) in [4.78, 5) is 22.1. The lowest BCUT2D eigenvalue weighted by Crippen LogP contribution is -2.39. The van der Waals surface area contributed by atoms with Gasteiger partial charge in [0.25, 0.3) is 11.6 Å². The Morgan fingerprint density at radius 2 is 2.18 bits per heavy atom. The smallest absolute Gasteiger partial charge is 0.270 e. The highest BCUT2D eigenvalue weighted by Gasteiger charge is 2.22. The van der Waals surface area contributed by atoms with Crippen molar-refractivity contribution in [3.63, 3.8) is 0 Å². The van der Waals surface area contributed by atoms with E-state index in [4.69, 9.17) is 0 Å². The number of halogens is 1. The van der Waals surface area contributed by atoms with Crippen LogP contribution in [-0.2, 0) is 0 Å². The summed E-state index contributed by atoms with van der Waals surface area (Å²) in [6.07, 6.45) is 3.13. The number of benzene rings is 1. The van der Waals surface area contributed by atoms with Gasteiger partial charge < -0.3 is 5.32 Å². The Morgan fingerprint density at radius 1 is 1.47 bits per heavy atom. The van der Waals surface area contributed by atoms with Crippen LogP contribution in [0.5, 0.6) is 0 Å². The van der Waals surface area contributed by atoms with Crippen LogP contribution < -0.4 is 5.32 Å². The monoisotopic (exact) mass is 346 g/mol. The van der Waals surface area contributed by atoms with E-state index in [0.29, 0.717) is 5.56 Å². The number of carbonyl (C=O) groups is 1. The molecule has 0 saturated heterocycles. The molecule has 1 fully saturated rings. The summed E-state index contributed by atoms with van der Waals surface area (Å²) in [5.74, 6) is -0.220. The number of nitro groups is 1. The van der Waals surface area contributed by atoms with Crippen LogP contribution in [0.1, 0.15) is 29.6 Å². The van der Waals surface area contributed by atoms with Crippen LogP contribution in [0.2, 0.25) is 0 Å². The predicted octanol–water partition coefficient (Wildman–Crippen LogP) is 2.48. The van der Waals surface area contributed by atoms with Gasteiger partial charge in [-0.25, -0.2) is 0 Å². The van der Waals surface area contributed by atoms with Crippen molar-refractivity contribution in [2.75, 3.05) is 0 Å². The predicted molar refractivity (Wildman–Crippen MR) is 70.9 cm³/mol. The van der Waals surface area contributed by atoms with E-state index in [-0.39, 0.29) is 17.6 Å². The topological polar surface area (TPSA) is 72.2 Å². The first-order valence-corrected chi connectivity index (χ1v) is 6.40. The number of amides is 1. The normalized spacial score (nSPS) is 15.1. The van der Waals surface area contributed by atoms with Crippen molar-refractivity contribution in [2.45, 2.75) is 25.3 Å². The fourth-order valence-electron chi connectivity index (χ4n) is 1.62. The molecule has 6 heteroatoms. The number of nitrogens with one attached hydrogen (secondary N) is 1. The highest BCUT2D eigenvalue weighted by atomic mass is 127. The highest BCUT2D eigenvalue weighted by Crippen LogP contribution is 2.22. The summed E-state index contributed by atoms with van der Waals surface area (Å²) < 4.78 is 0.727. The number of hydrogen-bond donors (Lipinski definition) is 1. The van der Waals surface area contributed by atoms with E-state index < -0.39 is 4.92 Å². The van der Waals surface area contributed by atoms with Crippen LogP contribution in [0, 0.1) is 13.7 Å². The molecule has 1 aromatic rings. The molecule has 1 aromatic carbocycles. The third kappa shape index (κ3) is 2.74. The summed E-state index contributed by atoms with van der Waals surface area (Å²) >= 11 is 2.01. The summed E-state index contributed by atoms with van der Waals surface area (Å²) in [5, 5.41) is 13.5. The Morgan fingerprint density at radius 3 is 2.71 bits per heavy atom. The number of hydrogen-bond acceptors (Lipinski definition) is 3. The van der Waals surface area contributed by atoms with E-state index >= 15 is 0 Å². The van der Waals surface area contributed by atoms with Gasteiger partial charge in [-0.3, -0.25) is 14.9 Å². The van der Waals surface area contributed by atoms with Gasteiger partial charge in [0.15, 0.2) is 0 Å². The second-order valence-corrected chi connectivity index (χ2v) is 5.18. The summed E-state index contributed by atoms with van der Waals surface area (Å²) in [7, 11) is 0. The van der Waals surface area contributed by atoms with Gasteiger partial charge in [-0.1, -0.05) is 0 Å². The van der Waals surface area contributed by atoms with Gasteiger partial charge in [0.05, 0.1) is 10.5 Å². The third-order valence-electron chi connectivity index (χ3n) is 2.85. The molecule has 1 amide bonds. The molecule has 0 atom stereocenters. The van der Waals surface area contributed by atoms with Crippen molar-refractivity contribution in [3.05, 3.63) is 37.4 Å². The van der Waals surface area contributed by atoms with Crippen molar-refractivity contribution in [2.24, 2.45) is 0 Å². The van der Waals surface area contributed by atoms with Gasteiger partial charge in [-0.2, -0.15) is 0 Å². The number of rotatable bonds is 3. The quantitative estimate of drug-likeness (QED) is 0.519. The standard InChI is InChI=1S/C11H11IN2O3/c12-10-5-4-8(14(16)17)6-9(10)11(15)13-7-2-1-3-7/h4-7H,1-3H2,(H,13,15). The molecule has 1 aliphatic carbocycles. The van der Waals surface area contributed by atoms with E-state index in [1.165, 1.54) is 12.1 Å². The molecular weight excluding hydrogens is 335 g/mol. The van der Waals surface area contributed by atoms with E-state index in [1.807, 2.05) is 22.6 Å². The average Bonchev–Trinajstić information content (AvgIpc) is 2.23. The lowest BCUT2D eigenvalue weighted by atomic mass is 9.93. The molecule has 0 aliphatic heterocycles. The van der Waals surface area contributed by atoms with Crippen molar-refractivity contribution in [1.29, 1.82) is 0 Å². The van der Waals surface area contributed by atoms with Gasteiger partial charge in [0.2, 0.25) is 0 Å². The molecule has 0 heterocycles. The Kier molecular flexibility index (Phi) is 3.60. The van der Waals surface area contributed by atoms with Crippen molar-refractivity contribution < 1.29 is 9.72 Å². The van der Waals surface area contributed by atoms with Gasteiger partial charge in [-0.15, -0.1) is 0 Å². The highest BCUT2D eigenvalue weighted by molar-refractivity contribution is 14.1. The molecular formula is C11H11IN2O3. The Labute approximate surface area is 112 Å². The lowest BCUT2D eigenvalue weighted by Gasteiger charge is -2.26. The molecule has 0 aromatic heterocycles. The third-order valence-corrected chi connectivity index (χ3v) is 3.79. The fraction of sp³-hybridized carbons (Fsp3) is 0.364. The molecule has 90 valence electrons. The Balaban J connectivity index is 2.20. The molecule has 2 rings (SSSR count). The lowest BCUT2D eigenvalue weighted by molar-refractivity contribution is -0.384. The molecule has 0 unspecified atom stereocenters. The fourth-order valence-corrected chi connectivity index (χ4v) is 2.20. The van der Waals surface area contributed by atoms with Crippen molar-refractivity contribution in [1.82, 2.24) is 5.32 Å². The Hall–Kier alpha value is -1.18. The largest absolute Gasteiger partial charge is 0.349 e. The minimum Gasteiger partial charge on any atom is -0.349 e. The molecule has 1 aliphatic rings. The van der Waals surface area contributed by atoms with Crippen LogP contribution in [0.4, 0.5) is 5.69 Å². The van der Waals surface area contributed by atoms with Gasteiger partial charge in [0, 0.05) is 21.7 Å². The zero-order valence-electron chi connectivity index (χ0n) is 8.98. The van der Waals surface area contributed by atoms with Gasteiger partial charge in [0.1, 0.15) is 0 Å². The summed E-state index contributed by atoms with van der Waals surface area (Å²) in [5.41, 5.74) is 0.330. The first-order chi connectivity index (χ1) is 8.08. The van der Waals surface area contributed by atoms with Gasteiger partial charge >= 0.3 is 0 Å². The van der Waals surface area contributed by atoms with Crippen LogP contribution in [0.3, 0.4) is 0 Å². The van der Waals surface area contributed by atoms with Crippen LogP contribution >= 0.6 is 22.6 Å². The average molecular weight is 346 g/mol. The number of carbonyl (C=O) groups excluding carboxylic acids is 1. The summed E-state index contributed by atoms with van der Waals surface area (Å²) in [6, 6.07) is 4.56. The number of non-ortho nitro benzene ring substituents is 1. The molecule has 1 N–H and O–H groups in total. The molecule has 17 heavy (non-hydrogen) atoms. The van der Waals surface area contributed by atoms with Crippen molar-refractivity contribution in [3.8, 4) is 0 Å².